The molecular formula is C21H23ClN2O4S. The molecule has 1 aromatic carbocycles. The van der Waals surface area contributed by atoms with Crippen molar-refractivity contribution in [1.29, 1.82) is 0 Å². The number of carbonyl (C=O) groups is 3. The summed E-state index contributed by atoms with van der Waals surface area (Å²) in [7, 11) is 1.38. The molecule has 1 aliphatic rings. The van der Waals surface area contributed by atoms with Crippen LogP contribution >= 0.6 is 22.9 Å². The summed E-state index contributed by atoms with van der Waals surface area (Å²) >= 11 is 7.27. The number of hydrogen-bond donors (Lipinski definition) is 2. The minimum atomic E-state index is -0.290. The summed E-state index contributed by atoms with van der Waals surface area (Å²) in [5.41, 5.74) is 1.34. The SMILES string of the molecule is COC(=O)C1CCC(C(=O)Nc2sc(Cl)cc2C(=O)NCc2ccccc2)CC1. The molecule has 0 atom stereocenters. The van der Waals surface area contributed by atoms with E-state index < -0.39 is 0 Å². The number of nitrogens with one attached hydrogen (secondary N) is 2. The number of esters is 1. The monoisotopic (exact) mass is 434 g/mol. The van der Waals surface area contributed by atoms with E-state index in [2.05, 4.69) is 10.6 Å². The summed E-state index contributed by atoms with van der Waals surface area (Å²) < 4.78 is 5.21. The maximum absolute atomic E-state index is 12.7. The van der Waals surface area contributed by atoms with Crippen molar-refractivity contribution in [2.75, 3.05) is 12.4 Å². The number of carbonyl (C=O) groups excluding carboxylic acids is 3. The summed E-state index contributed by atoms with van der Waals surface area (Å²) in [6.45, 7) is 0.387. The molecule has 0 unspecified atom stereocenters. The molecule has 2 N–H and O–H groups in total. The maximum atomic E-state index is 12.7. The van der Waals surface area contributed by atoms with Gasteiger partial charge >= 0.3 is 5.97 Å². The fourth-order valence-corrected chi connectivity index (χ4v) is 4.59. The number of anilines is 1. The first-order valence-electron chi connectivity index (χ1n) is 9.48. The van der Waals surface area contributed by atoms with Crippen LogP contribution in [0.1, 0.15) is 41.6 Å². The zero-order valence-corrected chi connectivity index (χ0v) is 17.6. The number of amides is 2. The zero-order valence-electron chi connectivity index (χ0n) is 16.1. The average Bonchev–Trinajstić information content (AvgIpc) is 3.12. The van der Waals surface area contributed by atoms with Crippen LogP contribution in [0.3, 0.4) is 0 Å². The van der Waals surface area contributed by atoms with Gasteiger partial charge in [-0.25, -0.2) is 0 Å². The van der Waals surface area contributed by atoms with Gasteiger partial charge in [-0.05, 0) is 37.3 Å². The third-order valence-corrected chi connectivity index (χ3v) is 6.29. The lowest BCUT2D eigenvalue weighted by atomic mass is 9.81. The van der Waals surface area contributed by atoms with Crippen molar-refractivity contribution in [2.24, 2.45) is 11.8 Å². The molecule has 0 spiro atoms. The molecule has 29 heavy (non-hydrogen) atoms. The first-order valence-corrected chi connectivity index (χ1v) is 10.7. The van der Waals surface area contributed by atoms with E-state index in [0.717, 1.165) is 16.9 Å². The van der Waals surface area contributed by atoms with E-state index in [4.69, 9.17) is 16.3 Å². The van der Waals surface area contributed by atoms with E-state index in [9.17, 15) is 14.4 Å². The van der Waals surface area contributed by atoms with Crippen LogP contribution in [0.2, 0.25) is 4.34 Å². The lowest BCUT2D eigenvalue weighted by Crippen LogP contribution is -2.30. The smallest absolute Gasteiger partial charge is 0.308 e. The van der Waals surface area contributed by atoms with Gasteiger partial charge in [0.25, 0.3) is 5.91 Å². The van der Waals surface area contributed by atoms with Crippen LogP contribution in [-0.4, -0.2) is 24.9 Å². The Hall–Kier alpha value is -2.38. The predicted octanol–water partition coefficient (Wildman–Crippen LogP) is 4.25. The van der Waals surface area contributed by atoms with Crippen LogP contribution in [0.4, 0.5) is 5.00 Å². The third kappa shape index (κ3) is 5.58. The van der Waals surface area contributed by atoms with E-state index in [1.165, 1.54) is 7.11 Å². The molecule has 3 rings (SSSR count). The lowest BCUT2D eigenvalue weighted by Gasteiger charge is -2.26. The van der Waals surface area contributed by atoms with Crippen molar-refractivity contribution >= 4 is 45.7 Å². The Balaban J connectivity index is 1.59. The minimum Gasteiger partial charge on any atom is -0.469 e. The molecule has 0 aliphatic heterocycles. The Bertz CT molecular complexity index is 876. The highest BCUT2D eigenvalue weighted by Gasteiger charge is 2.31. The molecule has 1 aromatic heterocycles. The van der Waals surface area contributed by atoms with E-state index in [1.807, 2.05) is 30.3 Å². The minimum absolute atomic E-state index is 0.139. The Morgan fingerprint density at radius 1 is 1.10 bits per heavy atom. The fraction of sp³-hybridized carbons (Fsp3) is 0.381. The Morgan fingerprint density at radius 2 is 1.76 bits per heavy atom. The Kier molecular flexibility index (Phi) is 7.28. The standard InChI is InChI=1S/C21H23ClN2O4S/c1-28-21(27)15-9-7-14(8-10-15)18(25)24-20-16(11-17(22)29-20)19(26)23-12-13-5-3-2-4-6-13/h2-6,11,14-15H,7-10,12H2,1H3,(H,23,26)(H,24,25). The number of benzene rings is 1. The van der Waals surface area contributed by atoms with Crippen LogP contribution in [0.25, 0.3) is 0 Å². The summed E-state index contributed by atoms with van der Waals surface area (Å²) in [6, 6.07) is 11.1. The lowest BCUT2D eigenvalue weighted by molar-refractivity contribution is -0.147. The van der Waals surface area contributed by atoms with Crippen molar-refractivity contribution in [3.05, 3.63) is 51.9 Å². The molecule has 6 nitrogen and oxygen atoms in total. The van der Waals surface area contributed by atoms with Crippen molar-refractivity contribution in [2.45, 2.75) is 32.2 Å². The summed E-state index contributed by atoms with van der Waals surface area (Å²) in [4.78, 5) is 36.9. The normalized spacial score (nSPS) is 18.7. The highest BCUT2D eigenvalue weighted by atomic mass is 35.5. The largest absolute Gasteiger partial charge is 0.469 e. The summed E-state index contributed by atoms with van der Waals surface area (Å²) in [6.07, 6.45) is 2.47. The van der Waals surface area contributed by atoms with E-state index in [-0.39, 0.29) is 29.6 Å². The average molecular weight is 435 g/mol. The second kappa shape index (κ2) is 9.89. The van der Waals surface area contributed by atoms with E-state index in [1.54, 1.807) is 6.07 Å². The molecule has 0 saturated heterocycles. The van der Waals surface area contributed by atoms with Gasteiger partial charge in [-0.2, -0.15) is 0 Å². The third-order valence-electron chi connectivity index (χ3n) is 5.11. The molecule has 154 valence electrons. The maximum Gasteiger partial charge on any atom is 0.308 e. The highest BCUT2D eigenvalue weighted by molar-refractivity contribution is 7.20. The van der Waals surface area contributed by atoms with Crippen molar-refractivity contribution in [1.82, 2.24) is 5.32 Å². The van der Waals surface area contributed by atoms with Crippen molar-refractivity contribution in [3.8, 4) is 0 Å². The zero-order chi connectivity index (χ0) is 20.8. The van der Waals surface area contributed by atoms with Gasteiger partial charge in [0.1, 0.15) is 5.00 Å². The van der Waals surface area contributed by atoms with Gasteiger partial charge in [-0.1, -0.05) is 41.9 Å². The van der Waals surface area contributed by atoms with E-state index >= 15 is 0 Å². The number of ether oxygens (including phenoxy) is 1. The number of methoxy groups -OCH3 is 1. The van der Waals surface area contributed by atoms with Crippen LogP contribution in [0.5, 0.6) is 0 Å². The van der Waals surface area contributed by atoms with Gasteiger partial charge in [0.15, 0.2) is 0 Å². The molecule has 0 bridgehead atoms. The molecule has 2 aromatic rings. The van der Waals surface area contributed by atoms with Gasteiger partial charge in [0.05, 0.1) is 22.9 Å². The quantitative estimate of drug-likeness (QED) is 0.665. The van der Waals surface area contributed by atoms with Crippen molar-refractivity contribution in [3.63, 3.8) is 0 Å². The van der Waals surface area contributed by atoms with Gasteiger partial charge in [-0.15, -0.1) is 11.3 Å². The van der Waals surface area contributed by atoms with Crippen LogP contribution in [-0.2, 0) is 20.9 Å². The number of halogens is 1. The molecule has 0 radical (unpaired) electrons. The van der Waals surface area contributed by atoms with Gasteiger partial charge < -0.3 is 15.4 Å². The van der Waals surface area contributed by atoms with Gasteiger partial charge in [0, 0.05) is 12.5 Å². The Labute approximate surface area is 178 Å². The summed E-state index contributed by atoms with van der Waals surface area (Å²) in [5, 5.41) is 6.15. The van der Waals surface area contributed by atoms with Gasteiger partial charge in [0.2, 0.25) is 5.91 Å². The first-order chi connectivity index (χ1) is 14.0. The second-order valence-corrected chi connectivity index (χ2v) is 8.71. The fourth-order valence-electron chi connectivity index (χ4n) is 3.47. The van der Waals surface area contributed by atoms with Crippen LogP contribution in [0.15, 0.2) is 36.4 Å². The van der Waals surface area contributed by atoms with Crippen LogP contribution in [0, 0.1) is 11.8 Å². The second-order valence-electron chi connectivity index (χ2n) is 7.02. The number of hydrogen-bond acceptors (Lipinski definition) is 5. The molecule has 2 amide bonds. The predicted molar refractivity (Wildman–Crippen MR) is 113 cm³/mol. The van der Waals surface area contributed by atoms with Gasteiger partial charge in [-0.3, -0.25) is 14.4 Å². The molecule has 8 heteroatoms. The number of thiophene rings is 1. The molecule has 1 saturated carbocycles. The Morgan fingerprint density at radius 3 is 2.41 bits per heavy atom. The summed E-state index contributed by atoms with van der Waals surface area (Å²) in [5.74, 6) is -0.992. The van der Waals surface area contributed by atoms with E-state index in [0.29, 0.717) is 47.1 Å². The van der Waals surface area contributed by atoms with Crippen molar-refractivity contribution < 1.29 is 19.1 Å². The molecular weight excluding hydrogens is 412 g/mol. The molecule has 1 aliphatic carbocycles. The first kappa shape index (κ1) is 21.3. The molecule has 1 fully saturated rings. The molecule has 1 heterocycles. The number of rotatable bonds is 6. The topological polar surface area (TPSA) is 84.5 Å². The highest BCUT2D eigenvalue weighted by Crippen LogP contribution is 2.34. The van der Waals surface area contributed by atoms with Crippen LogP contribution < -0.4 is 10.6 Å².